The summed E-state index contributed by atoms with van der Waals surface area (Å²) in [6.07, 6.45) is 5.30. The first-order chi connectivity index (χ1) is 15.0. The number of benzene rings is 2. The summed E-state index contributed by atoms with van der Waals surface area (Å²) in [7, 11) is 0. The maximum absolute atomic E-state index is 12.9. The lowest BCUT2D eigenvalue weighted by molar-refractivity contribution is 0.0697. The minimum absolute atomic E-state index is 0.163. The van der Waals surface area contributed by atoms with Crippen molar-refractivity contribution in [2.45, 2.75) is 52.5 Å². The molecule has 2 aromatic carbocycles. The van der Waals surface area contributed by atoms with Crippen LogP contribution in [0.15, 0.2) is 59.5 Å². The molecule has 0 aliphatic heterocycles. The molecule has 0 saturated carbocycles. The second kappa shape index (κ2) is 10.1. The van der Waals surface area contributed by atoms with Crippen molar-refractivity contribution >= 4 is 11.9 Å². The number of carbonyl (C=O) groups excluding carboxylic acids is 1. The Bertz CT molecular complexity index is 1120. The van der Waals surface area contributed by atoms with Crippen LogP contribution in [0.5, 0.6) is 0 Å². The summed E-state index contributed by atoms with van der Waals surface area (Å²) in [5, 5.41) is 9.42. The number of hydrogen-bond acceptors (Lipinski definition) is 3. The molecule has 0 radical (unpaired) electrons. The topological polar surface area (TPSA) is 81.3 Å². The van der Waals surface area contributed by atoms with Gasteiger partial charge in [-0.25, -0.2) is 14.2 Å². The third kappa shape index (κ3) is 5.02. The molecule has 0 aliphatic carbocycles. The number of aromatic carboxylic acids is 1. The molecule has 31 heavy (non-hydrogen) atoms. The van der Waals surface area contributed by atoms with E-state index in [-0.39, 0.29) is 17.2 Å². The molecule has 0 bridgehead atoms. The van der Waals surface area contributed by atoms with Gasteiger partial charge in [0.05, 0.1) is 12.1 Å². The monoisotopic (exact) mass is 420 g/mol. The van der Waals surface area contributed by atoms with Crippen LogP contribution < -0.4 is 5.69 Å². The van der Waals surface area contributed by atoms with E-state index < -0.39 is 5.97 Å². The van der Waals surface area contributed by atoms with Crippen LogP contribution in [0, 0.1) is 0 Å². The number of rotatable bonds is 9. The van der Waals surface area contributed by atoms with Gasteiger partial charge < -0.3 is 5.11 Å². The van der Waals surface area contributed by atoms with Gasteiger partial charge in [-0.1, -0.05) is 69.2 Å². The highest BCUT2D eigenvalue weighted by atomic mass is 16.4. The van der Waals surface area contributed by atoms with Crippen LogP contribution in [-0.4, -0.2) is 26.1 Å². The first-order valence-corrected chi connectivity index (χ1v) is 10.7. The van der Waals surface area contributed by atoms with E-state index >= 15 is 0 Å². The molecular formula is C25H28N2O4. The highest BCUT2D eigenvalue weighted by Crippen LogP contribution is 2.24. The molecule has 6 nitrogen and oxygen atoms in total. The fourth-order valence-corrected chi connectivity index (χ4v) is 3.67. The zero-order valence-corrected chi connectivity index (χ0v) is 18.0. The number of nitrogens with zero attached hydrogens (tertiary/aromatic N) is 2. The summed E-state index contributed by atoms with van der Waals surface area (Å²) in [5.41, 5.74) is 3.16. The number of hydrogen-bond donors (Lipinski definition) is 1. The Morgan fingerprint density at radius 3 is 2.32 bits per heavy atom. The highest BCUT2D eigenvalue weighted by Gasteiger charge is 2.16. The van der Waals surface area contributed by atoms with Crippen LogP contribution in [0.1, 0.15) is 65.9 Å². The predicted octanol–water partition coefficient (Wildman–Crippen LogP) is 4.85. The summed E-state index contributed by atoms with van der Waals surface area (Å²) < 4.78 is 2.91. The van der Waals surface area contributed by atoms with E-state index in [0.717, 1.165) is 36.1 Å². The maximum Gasteiger partial charge on any atom is 0.336 e. The Morgan fingerprint density at radius 2 is 1.68 bits per heavy atom. The van der Waals surface area contributed by atoms with Crippen LogP contribution >= 0.6 is 0 Å². The van der Waals surface area contributed by atoms with Crippen LogP contribution in [0.25, 0.3) is 11.1 Å². The van der Waals surface area contributed by atoms with E-state index in [1.54, 1.807) is 29.0 Å². The normalized spacial score (nSPS) is 10.9. The van der Waals surface area contributed by atoms with Gasteiger partial charge in [0.2, 0.25) is 5.91 Å². The Kier molecular flexibility index (Phi) is 7.23. The molecule has 1 heterocycles. The Morgan fingerprint density at radius 1 is 0.968 bits per heavy atom. The summed E-state index contributed by atoms with van der Waals surface area (Å²) >= 11 is 0. The van der Waals surface area contributed by atoms with Crippen LogP contribution in [0.2, 0.25) is 0 Å². The fourth-order valence-electron chi connectivity index (χ4n) is 3.67. The van der Waals surface area contributed by atoms with Gasteiger partial charge in [-0.05, 0) is 35.6 Å². The summed E-state index contributed by atoms with van der Waals surface area (Å²) in [6.45, 7) is 4.42. The summed E-state index contributed by atoms with van der Waals surface area (Å²) in [5.74, 6) is -1.13. The Labute approximate surface area is 181 Å². The van der Waals surface area contributed by atoms with Crippen molar-refractivity contribution in [3.63, 3.8) is 0 Å². The molecule has 0 saturated heterocycles. The van der Waals surface area contributed by atoms with Crippen molar-refractivity contribution in [3.05, 3.63) is 82.0 Å². The molecule has 0 spiro atoms. The lowest BCUT2D eigenvalue weighted by Gasteiger charge is -2.09. The Balaban J connectivity index is 1.89. The SMILES string of the molecule is CCCCC(=O)n1cc(CCC)n(Cc2ccc(-c3ccccc3C(=O)O)cc2)c1=O. The van der Waals surface area contributed by atoms with Gasteiger partial charge in [-0.15, -0.1) is 0 Å². The van der Waals surface area contributed by atoms with Crippen molar-refractivity contribution in [1.29, 1.82) is 0 Å². The predicted molar refractivity (Wildman–Crippen MR) is 121 cm³/mol. The maximum atomic E-state index is 12.9. The molecule has 6 heteroatoms. The van der Waals surface area contributed by atoms with Crippen molar-refractivity contribution in [1.82, 2.24) is 9.13 Å². The molecule has 162 valence electrons. The van der Waals surface area contributed by atoms with Gasteiger partial charge in [-0.3, -0.25) is 9.36 Å². The highest BCUT2D eigenvalue weighted by molar-refractivity contribution is 5.96. The average molecular weight is 421 g/mol. The molecule has 3 aromatic rings. The number of carboxylic acid groups (broad SMARTS) is 1. The second-order valence-electron chi connectivity index (χ2n) is 7.65. The van der Waals surface area contributed by atoms with Gasteiger partial charge in [0.15, 0.2) is 0 Å². The molecule has 1 N–H and O–H groups in total. The van der Waals surface area contributed by atoms with Gasteiger partial charge in [0.1, 0.15) is 0 Å². The van der Waals surface area contributed by atoms with Gasteiger partial charge in [-0.2, -0.15) is 0 Å². The molecule has 1 aromatic heterocycles. The fraction of sp³-hybridized carbons (Fsp3) is 0.320. The minimum Gasteiger partial charge on any atom is -0.478 e. The summed E-state index contributed by atoms with van der Waals surface area (Å²) in [6, 6.07) is 14.4. The third-order valence-corrected chi connectivity index (χ3v) is 5.34. The van der Waals surface area contributed by atoms with Crippen molar-refractivity contribution in [3.8, 4) is 11.1 Å². The van der Waals surface area contributed by atoms with Gasteiger partial charge in [0, 0.05) is 18.3 Å². The zero-order chi connectivity index (χ0) is 22.4. The van der Waals surface area contributed by atoms with E-state index in [9.17, 15) is 19.5 Å². The van der Waals surface area contributed by atoms with Crippen LogP contribution in [0.3, 0.4) is 0 Å². The van der Waals surface area contributed by atoms with E-state index in [1.807, 2.05) is 44.2 Å². The minimum atomic E-state index is -0.968. The molecule has 3 rings (SSSR count). The Hall–Kier alpha value is -3.41. The summed E-state index contributed by atoms with van der Waals surface area (Å²) in [4.78, 5) is 36.9. The first kappa shape index (κ1) is 22.3. The number of unbranched alkanes of at least 4 members (excludes halogenated alkanes) is 1. The molecule has 0 fully saturated rings. The quantitative estimate of drug-likeness (QED) is 0.537. The third-order valence-electron chi connectivity index (χ3n) is 5.34. The first-order valence-electron chi connectivity index (χ1n) is 10.7. The lowest BCUT2D eigenvalue weighted by atomic mass is 9.99. The van der Waals surface area contributed by atoms with E-state index in [2.05, 4.69) is 0 Å². The van der Waals surface area contributed by atoms with Gasteiger partial charge >= 0.3 is 11.7 Å². The number of carboxylic acids is 1. The number of carbonyl (C=O) groups is 2. The number of aryl methyl sites for hydroxylation is 1. The zero-order valence-electron chi connectivity index (χ0n) is 18.0. The molecule has 0 amide bonds. The van der Waals surface area contributed by atoms with Crippen molar-refractivity contribution in [2.75, 3.05) is 0 Å². The smallest absolute Gasteiger partial charge is 0.336 e. The molecular weight excluding hydrogens is 392 g/mol. The molecule has 0 aliphatic rings. The van der Waals surface area contributed by atoms with E-state index in [0.29, 0.717) is 24.9 Å². The van der Waals surface area contributed by atoms with Crippen LogP contribution in [-0.2, 0) is 13.0 Å². The molecule has 0 unspecified atom stereocenters. The molecule has 0 atom stereocenters. The number of aromatic nitrogens is 2. The number of imidazole rings is 1. The second-order valence-corrected chi connectivity index (χ2v) is 7.65. The van der Waals surface area contributed by atoms with E-state index in [1.165, 1.54) is 4.57 Å². The van der Waals surface area contributed by atoms with Crippen molar-refractivity contribution < 1.29 is 14.7 Å². The lowest BCUT2D eigenvalue weighted by Crippen LogP contribution is -2.29. The van der Waals surface area contributed by atoms with Gasteiger partial charge in [0.25, 0.3) is 0 Å². The van der Waals surface area contributed by atoms with E-state index in [4.69, 9.17) is 0 Å². The standard InChI is InChI=1S/C25H28N2O4/c1-3-5-11-23(28)27-17-20(8-4-2)26(25(27)31)16-18-12-14-19(15-13-18)21-9-6-7-10-22(21)24(29)30/h6-7,9-10,12-15,17H,3-5,8,11,16H2,1-2H3,(H,29,30). The largest absolute Gasteiger partial charge is 0.478 e. The van der Waals surface area contributed by atoms with Crippen molar-refractivity contribution in [2.24, 2.45) is 0 Å². The average Bonchev–Trinajstić information content (AvgIpc) is 3.08. The van der Waals surface area contributed by atoms with Crippen LogP contribution in [0.4, 0.5) is 0 Å².